The van der Waals surface area contributed by atoms with Gasteiger partial charge in [-0.15, -0.1) is 0 Å². The summed E-state index contributed by atoms with van der Waals surface area (Å²) >= 11 is 0. The fourth-order valence-electron chi connectivity index (χ4n) is 7.10. The van der Waals surface area contributed by atoms with Crippen LogP contribution < -0.4 is 0 Å². The molecule has 4 aliphatic rings. The minimum Gasteiger partial charge on any atom is -0.299 e. The van der Waals surface area contributed by atoms with Crippen LogP contribution in [0.25, 0.3) is 0 Å². The molecule has 1 spiro atoms. The van der Waals surface area contributed by atoms with E-state index in [1.165, 1.54) is 97.1 Å². The zero-order chi connectivity index (χ0) is 21.6. The molecule has 4 rings (SSSR count). The lowest BCUT2D eigenvalue weighted by Crippen LogP contribution is -2.64. The third kappa shape index (κ3) is 5.26. The Kier molecular flexibility index (Phi) is 6.66. The predicted molar refractivity (Wildman–Crippen MR) is 129 cm³/mol. The monoisotopic (exact) mass is 417 g/mol. The van der Waals surface area contributed by atoms with Gasteiger partial charge in [-0.25, -0.2) is 0 Å². The molecule has 3 heterocycles. The molecule has 1 saturated carbocycles. The fraction of sp³-hybridized carbons (Fsp3) is 1.00. The normalized spacial score (nSPS) is 33.0. The zero-order valence-electron chi connectivity index (χ0n) is 21.2. The van der Waals surface area contributed by atoms with Gasteiger partial charge in [0.1, 0.15) is 0 Å². The number of nitrogens with zero attached hydrogens (tertiary/aromatic N) is 3. The Bertz CT molecular complexity index is 540. The third-order valence-corrected chi connectivity index (χ3v) is 9.41. The number of hydrogen-bond donors (Lipinski definition) is 0. The Labute approximate surface area is 187 Å². The first-order chi connectivity index (χ1) is 14.0. The first-order valence-corrected chi connectivity index (χ1v) is 13.3. The average Bonchev–Trinajstić information content (AvgIpc) is 2.66. The highest BCUT2D eigenvalue weighted by molar-refractivity contribution is 5.02. The van der Waals surface area contributed by atoms with Crippen LogP contribution in [0.1, 0.15) is 99.3 Å². The second kappa shape index (κ2) is 8.67. The topological polar surface area (TPSA) is 9.72 Å². The largest absolute Gasteiger partial charge is 0.299 e. The molecule has 3 saturated heterocycles. The molecule has 3 aliphatic heterocycles. The summed E-state index contributed by atoms with van der Waals surface area (Å²) in [6, 6.07) is 0.912. The van der Waals surface area contributed by atoms with Crippen LogP contribution >= 0.6 is 0 Å². The van der Waals surface area contributed by atoms with Gasteiger partial charge in [-0.3, -0.25) is 14.7 Å². The molecule has 0 N–H and O–H groups in total. The van der Waals surface area contributed by atoms with E-state index in [9.17, 15) is 0 Å². The standard InChI is InChI=1S/C27H51N3/c1-25(2,3)29-15-11-23(12-16-29)19-22-7-9-24(10-8-22)28-20-27(21-28)13-17-30(18-14-27)26(4,5)6/h22-24H,7-21H2,1-6H3. The van der Waals surface area contributed by atoms with Crippen molar-refractivity contribution in [3.05, 3.63) is 0 Å². The van der Waals surface area contributed by atoms with Gasteiger partial charge < -0.3 is 0 Å². The summed E-state index contributed by atoms with van der Waals surface area (Å²) in [6.45, 7) is 22.4. The van der Waals surface area contributed by atoms with E-state index in [0.717, 1.165) is 17.9 Å². The van der Waals surface area contributed by atoms with Gasteiger partial charge in [-0.2, -0.15) is 0 Å². The highest BCUT2D eigenvalue weighted by Gasteiger charge is 2.48. The van der Waals surface area contributed by atoms with Gasteiger partial charge in [0.2, 0.25) is 0 Å². The van der Waals surface area contributed by atoms with Crippen LogP contribution in [0.5, 0.6) is 0 Å². The van der Waals surface area contributed by atoms with Gasteiger partial charge in [0, 0.05) is 30.2 Å². The van der Waals surface area contributed by atoms with E-state index < -0.39 is 0 Å². The van der Waals surface area contributed by atoms with Crippen LogP contribution in [0, 0.1) is 17.3 Å². The molecule has 3 nitrogen and oxygen atoms in total. The molecule has 0 aromatic rings. The Hall–Kier alpha value is -0.120. The maximum Gasteiger partial charge on any atom is 0.0125 e. The van der Waals surface area contributed by atoms with Gasteiger partial charge >= 0.3 is 0 Å². The lowest BCUT2D eigenvalue weighted by molar-refractivity contribution is -0.0889. The lowest BCUT2D eigenvalue weighted by atomic mass is 9.69. The number of piperidine rings is 2. The van der Waals surface area contributed by atoms with E-state index in [2.05, 4.69) is 56.2 Å². The van der Waals surface area contributed by atoms with E-state index in [1.807, 2.05) is 0 Å². The second-order valence-corrected chi connectivity index (χ2v) is 13.6. The quantitative estimate of drug-likeness (QED) is 0.588. The predicted octanol–water partition coefficient (Wildman–Crippen LogP) is 5.64. The van der Waals surface area contributed by atoms with E-state index in [1.54, 1.807) is 0 Å². The molecule has 0 unspecified atom stereocenters. The molecular formula is C27H51N3. The van der Waals surface area contributed by atoms with E-state index >= 15 is 0 Å². The highest BCUT2D eigenvalue weighted by Crippen LogP contribution is 2.45. The molecule has 0 aromatic carbocycles. The van der Waals surface area contributed by atoms with Crippen molar-refractivity contribution in [1.29, 1.82) is 0 Å². The number of hydrogen-bond acceptors (Lipinski definition) is 3. The Morgan fingerprint density at radius 1 is 0.633 bits per heavy atom. The fourth-order valence-corrected chi connectivity index (χ4v) is 7.10. The van der Waals surface area contributed by atoms with Gasteiger partial charge in [0.05, 0.1) is 0 Å². The van der Waals surface area contributed by atoms with E-state index in [4.69, 9.17) is 0 Å². The molecule has 0 aromatic heterocycles. The molecular weight excluding hydrogens is 366 g/mol. The van der Waals surface area contributed by atoms with Crippen molar-refractivity contribution >= 4 is 0 Å². The summed E-state index contributed by atoms with van der Waals surface area (Å²) in [5.41, 5.74) is 1.40. The smallest absolute Gasteiger partial charge is 0.0125 e. The van der Waals surface area contributed by atoms with Gasteiger partial charge in [-0.1, -0.05) is 0 Å². The van der Waals surface area contributed by atoms with E-state index in [0.29, 0.717) is 16.5 Å². The average molecular weight is 418 g/mol. The molecule has 174 valence electrons. The minimum absolute atomic E-state index is 0.354. The van der Waals surface area contributed by atoms with Crippen molar-refractivity contribution in [2.45, 2.75) is 116 Å². The van der Waals surface area contributed by atoms with Crippen LogP contribution in [0.2, 0.25) is 0 Å². The molecule has 1 aliphatic carbocycles. The van der Waals surface area contributed by atoms with Crippen molar-refractivity contribution in [3.8, 4) is 0 Å². The first kappa shape index (κ1) is 23.1. The highest BCUT2D eigenvalue weighted by atomic mass is 15.3. The minimum atomic E-state index is 0.354. The Morgan fingerprint density at radius 3 is 1.60 bits per heavy atom. The first-order valence-electron chi connectivity index (χ1n) is 13.3. The van der Waals surface area contributed by atoms with Crippen LogP contribution in [-0.4, -0.2) is 71.1 Å². The van der Waals surface area contributed by atoms with Crippen LogP contribution in [-0.2, 0) is 0 Å². The zero-order valence-corrected chi connectivity index (χ0v) is 21.2. The van der Waals surface area contributed by atoms with Gasteiger partial charge in [0.25, 0.3) is 0 Å². The van der Waals surface area contributed by atoms with Gasteiger partial charge in [0.15, 0.2) is 0 Å². The molecule has 0 atom stereocenters. The second-order valence-electron chi connectivity index (χ2n) is 13.6. The summed E-state index contributed by atoms with van der Waals surface area (Å²) in [5, 5.41) is 0. The molecule has 4 fully saturated rings. The van der Waals surface area contributed by atoms with Crippen LogP contribution in [0.3, 0.4) is 0 Å². The maximum atomic E-state index is 2.88. The van der Waals surface area contributed by atoms with Crippen molar-refractivity contribution in [2.75, 3.05) is 39.3 Å². The summed E-state index contributed by atoms with van der Waals surface area (Å²) in [7, 11) is 0. The summed E-state index contributed by atoms with van der Waals surface area (Å²) in [6.07, 6.45) is 13.3. The Balaban J connectivity index is 1.14. The lowest BCUT2D eigenvalue weighted by Gasteiger charge is -2.58. The maximum absolute atomic E-state index is 2.88. The molecule has 0 radical (unpaired) electrons. The van der Waals surface area contributed by atoms with Crippen LogP contribution in [0.4, 0.5) is 0 Å². The SMILES string of the molecule is CC(C)(C)N1CCC(CC2CCC(N3CC4(CCN(C(C)(C)C)CC4)C3)CC2)CC1. The van der Waals surface area contributed by atoms with Crippen molar-refractivity contribution in [1.82, 2.24) is 14.7 Å². The van der Waals surface area contributed by atoms with Crippen molar-refractivity contribution in [2.24, 2.45) is 17.3 Å². The number of likely N-dealkylation sites (tertiary alicyclic amines) is 3. The van der Waals surface area contributed by atoms with Crippen molar-refractivity contribution in [3.63, 3.8) is 0 Å². The number of rotatable bonds is 3. The van der Waals surface area contributed by atoms with Gasteiger partial charge in [-0.05, 0) is 143 Å². The Morgan fingerprint density at radius 2 is 1.10 bits per heavy atom. The van der Waals surface area contributed by atoms with Crippen LogP contribution in [0.15, 0.2) is 0 Å². The molecule has 0 bridgehead atoms. The van der Waals surface area contributed by atoms with E-state index in [-0.39, 0.29) is 0 Å². The summed E-state index contributed by atoms with van der Waals surface area (Å²) in [4.78, 5) is 8.29. The van der Waals surface area contributed by atoms with Crippen molar-refractivity contribution < 1.29 is 0 Å². The molecule has 30 heavy (non-hydrogen) atoms. The molecule has 3 heteroatoms. The summed E-state index contributed by atoms with van der Waals surface area (Å²) < 4.78 is 0. The molecule has 0 amide bonds. The third-order valence-electron chi connectivity index (χ3n) is 9.41. The summed E-state index contributed by atoms with van der Waals surface area (Å²) in [5.74, 6) is 2.03.